The molecule has 0 aromatic carbocycles. The van der Waals surface area contributed by atoms with Crippen LogP contribution in [0.5, 0.6) is 0 Å². The maximum Gasteiger partial charge on any atom is 0.294 e. The van der Waals surface area contributed by atoms with Gasteiger partial charge in [0.2, 0.25) is 17.6 Å². The lowest BCUT2D eigenvalue weighted by Gasteiger charge is -2.35. The Kier molecular flexibility index (Phi) is 7.72. The van der Waals surface area contributed by atoms with Crippen molar-refractivity contribution < 1.29 is 23.9 Å². The second-order valence-electron chi connectivity index (χ2n) is 11.2. The number of carbonyl (C=O) groups is 4. The van der Waals surface area contributed by atoms with Gasteiger partial charge in [-0.15, -0.1) is 0 Å². The molecule has 0 radical (unpaired) electrons. The van der Waals surface area contributed by atoms with Gasteiger partial charge in [0.25, 0.3) is 11.8 Å². The minimum absolute atomic E-state index is 0.0397. The number of aromatic nitrogens is 1. The van der Waals surface area contributed by atoms with E-state index >= 15 is 0 Å². The van der Waals surface area contributed by atoms with E-state index in [4.69, 9.17) is 16.3 Å². The minimum atomic E-state index is -0.842. The lowest BCUT2D eigenvalue weighted by Crippen LogP contribution is -2.43. The molecule has 1 saturated carbocycles. The van der Waals surface area contributed by atoms with Crippen LogP contribution in [-0.2, 0) is 23.9 Å². The molecule has 2 aliphatic heterocycles. The number of hydrogen-bond donors (Lipinski definition) is 2. The topological polar surface area (TPSA) is 121 Å². The molecule has 10 nitrogen and oxygen atoms in total. The van der Waals surface area contributed by atoms with E-state index in [-0.39, 0.29) is 41.3 Å². The molecule has 4 amide bonds. The summed E-state index contributed by atoms with van der Waals surface area (Å²) in [5.74, 6) is -0.313. The van der Waals surface area contributed by atoms with Crippen LogP contribution in [0.4, 0.5) is 5.82 Å². The monoisotopic (exact) mass is 567 g/mol. The number of carbonyl (C=O) groups excluding carboxylic acids is 4. The first-order chi connectivity index (χ1) is 19.1. The smallest absolute Gasteiger partial charge is 0.294 e. The van der Waals surface area contributed by atoms with E-state index in [1.165, 1.54) is 11.1 Å². The van der Waals surface area contributed by atoms with Crippen molar-refractivity contribution in [1.29, 1.82) is 0 Å². The SMILES string of the molecule is CN(C)C(=O)C1=CCC2(C)C(=C1)OC(C(=O)Nc1ccc(Cl)cn1)=C2NC(=O)C1CCC(N2CCCC2=O)CC1. The molecular weight excluding hydrogens is 534 g/mol. The fourth-order valence-corrected chi connectivity index (χ4v) is 5.98. The summed E-state index contributed by atoms with van der Waals surface area (Å²) in [5, 5.41) is 6.19. The minimum Gasteiger partial charge on any atom is -0.453 e. The van der Waals surface area contributed by atoms with Crippen LogP contribution in [0.25, 0.3) is 0 Å². The summed E-state index contributed by atoms with van der Waals surface area (Å²) in [5.41, 5.74) is -0.0241. The van der Waals surface area contributed by atoms with Crippen LogP contribution in [0.3, 0.4) is 0 Å². The number of likely N-dealkylation sites (tertiary alicyclic amines) is 1. The standard InChI is InChI=1S/C29H34ClN5O5/c1-29-13-12-18(28(39)34(2)3)15-21(29)40-24(27(38)32-22-11-8-19(30)16-31-22)25(29)33-26(37)17-6-9-20(10-7-17)35-14-4-5-23(35)36/h8,11-12,15-17,20H,4-7,9-10,13-14H2,1-3H3,(H,33,37)(H,31,32,38). The number of hydrogen-bond acceptors (Lipinski definition) is 6. The number of nitrogens with zero attached hydrogens (tertiary/aromatic N) is 3. The van der Waals surface area contributed by atoms with Crippen LogP contribution in [-0.4, -0.2) is 65.1 Å². The quantitative estimate of drug-likeness (QED) is 0.542. The van der Waals surface area contributed by atoms with Crippen molar-refractivity contribution in [2.24, 2.45) is 11.3 Å². The van der Waals surface area contributed by atoms with E-state index in [2.05, 4.69) is 15.6 Å². The predicted octanol–water partition coefficient (Wildman–Crippen LogP) is 3.52. The van der Waals surface area contributed by atoms with Crippen LogP contribution >= 0.6 is 11.6 Å². The highest BCUT2D eigenvalue weighted by molar-refractivity contribution is 6.30. The number of fused-ring (bicyclic) bond motifs is 1. The fraction of sp³-hybridized carbons (Fsp3) is 0.483. The molecule has 1 atom stereocenters. The van der Waals surface area contributed by atoms with Gasteiger partial charge in [0, 0.05) is 50.8 Å². The highest BCUT2D eigenvalue weighted by Gasteiger charge is 2.48. The second-order valence-corrected chi connectivity index (χ2v) is 11.6. The number of anilines is 1. The number of nitrogens with one attached hydrogen (secondary N) is 2. The molecule has 11 heteroatoms. The molecule has 212 valence electrons. The van der Waals surface area contributed by atoms with Crippen LogP contribution in [0, 0.1) is 11.3 Å². The summed E-state index contributed by atoms with van der Waals surface area (Å²) in [6.45, 7) is 2.68. The summed E-state index contributed by atoms with van der Waals surface area (Å²) < 4.78 is 6.09. The van der Waals surface area contributed by atoms with Gasteiger partial charge in [-0.2, -0.15) is 0 Å². The predicted molar refractivity (Wildman–Crippen MR) is 148 cm³/mol. The van der Waals surface area contributed by atoms with E-state index in [0.717, 1.165) is 25.8 Å². The number of amides is 4. The number of rotatable bonds is 6. The molecule has 3 heterocycles. The zero-order valence-corrected chi connectivity index (χ0v) is 23.7. The summed E-state index contributed by atoms with van der Waals surface area (Å²) in [6.07, 6.45) is 9.59. The first-order valence-corrected chi connectivity index (χ1v) is 14.0. The van der Waals surface area contributed by atoms with Crippen molar-refractivity contribution in [3.63, 3.8) is 0 Å². The van der Waals surface area contributed by atoms with Gasteiger partial charge in [0.05, 0.1) is 16.1 Å². The first-order valence-electron chi connectivity index (χ1n) is 13.7. The summed E-state index contributed by atoms with van der Waals surface area (Å²) in [7, 11) is 3.34. The highest BCUT2D eigenvalue weighted by Crippen LogP contribution is 2.50. The third-order valence-electron chi connectivity index (χ3n) is 8.25. The largest absolute Gasteiger partial charge is 0.453 e. The lowest BCUT2D eigenvalue weighted by atomic mass is 9.77. The fourth-order valence-electron chi connectivity index (χ4n) is 5.87. The normalized spacial score (nSPS) is 26.0. The molecule has 1 saturated heterocycles. The van der Waals surface area contributed by atoms with Gasteiger partial charge in [-0.1, -0.05) is 17.7 Å². The van der Waals surface area contributed by atoms with Crippen LogP contribution in [0.15, 0.2) is 53.3 Å². The van der Waals surface area contributed by atoms with Gasteiger partial charge in [-0.05, 0) is 63.7 Å². The molecule has 2 aliphatic carbocycles. The number of allylic oxidation sites excluding steroid dienone is 1. The van der Waals surface area contributed by atoms with Crippen molar-refractivity contribution in [2.75, 3.05) is 26.0 Å². The third kappa shape index (κ3) is 5.37. The molecule has 2 N–H and O–H groups in total. The van der Waals surface area contributed by atoms with Crippen LogP contribution < -0.4 is 10.6 Å². The highest BCUT2D eigenvalue weighted by atomic mass is 35.5. The van der Waals surface area contributed by atoms with Crippen molar-refractivity contribution in [3.05, 3.63) is 58.3 Å². The molecule has 4 aliphatic rings. The van der Waals surface area contributed by atoms with E-state index in [0.29, 0.717) is 47.7 Å². The van der Waals surface area contributed by atoms with Crippen molar-refractivity contribution in [1.82, 2.24) is 20.1 Å². The Morgan fingerprint density at radius 3 is 2.52 bits per heavy atom. The number of ether oxygens (including phenoxy) is 1. The number of halogens is 1. The van der Waals surface area contributed by atoms with Crippen molar-refractivity contribution in [2.45, 2.75) is 57.9 Å². The van der Waals surface area contributed by atoms with Gasteiger partial charge >= 0.3 is 0 Å². The molecular formula is C29H34ClN5O5. The van der Waals surface area contributed by atoms with Crippen LogP contribution in [0.2, 0.25) is 5.02 Å². The Morgan fingerprint density at radius 2 is 1.90 bits per heavy atom. The summed E-state index contributed by atoms with van der Waals surface area (Å²) >= 11 is 5.92. The lowest BCUT2D eigenvalue weighted by molar-refractivity contribution is -0.131. The van der Waals surface area contributed by atoms with Gasteiger partial charge in [-0.3, -0.25) is 19.2 Å². The Morgan fingerprint density at radius 1 is 1.15 bits per heavy atom. The number of pyridine rings is 1. The molecule has 2 fully saturated rings. The van der Waals surface area contributed by atoms with Crippen molar-refractivity contribution in [3.8, 4) is 0 Å². The van der Waals surface area contributed by atoms with Gasteiger partial charge in [-0.25, -0.2) is 4.98 Å². The maximum atomic E-state index is 13.6. The van der Waals surface area contributed by atoms with E-state index < -0.39 is 11.3 Å². The summed E-state index contributed by atoms with van der Waals surface area (Å²) in [4.78, 5) is 59.4. The molecule has 40 heavy (non-hydrogen) atoms. The van der Waals surface area contributed by atoms with E-state index in [1.54, 1.807) is 38.4 Å². The molecule has 1 aromatic rings. The maximum absolute atomic E-state index is 13.6. The third-order valence-corrected chi connectivity index (χ3v) is 8.47. The molecule has 5 rings (SSSR count). The zero-order chi connectivity index (χ0) is 28.6. The van der Waals surface area contributed by atoms with Gasteiger partial charge in [0.1, 0.15) is 11.6 Å². The van der Waals surface area contributed by atoms with Crippen LogP contribution in [0.1, 0.15) is 51.9 Å². The Hall–Kier alpha value is -3.66. The molecule has 0 spiro atoms. The average Bonchev–Trinajstić information content (AvgIpc) is 3.49. The number of likely N-dealkylation sites (N-methyl/N-ethyl adjacent to an activating group) is 1. The van der Waals surface area contributed by atoms with Crippen molar-refractivity contribution >= 4 is 41.0 Å². The molecule has 1 unspecified atom stereocenters. The Labute approximate surface area is 238 Å². The zero-order valence-electron chi connectivity index (χ0n) is 23.0. The summed E-state index contributed by atoms with van der Waals surface area (Å²) in [6, 6.07) is 3.36. The first kappa shape index (κ1) is 27.9. The Balaban J connectivity index is 1.37. The van der Waals surface area contributed by atoms with E-state index in [1.807, 2.05) is 11.8 Å². The van der Waals surface area contributed by atoms with Gasteiger partial charge in [0.15, 0.2) is 0 Å². The average molecular weight is 568 g/mol. The molecule has 0 bridgehead atoms. The molecule has 1 aromatic heterocycles. The second kappa shape index (κ2) is 11.1. The Bertz CT molecular complexity index is 1330. The van der Waals surface area contributed by atoms with Gasteiger partial charge < -0.3 is 25.2 Å². The van der Waals surface area contributed by atoms with E-state index in [9.17, 15) is 19.2 Å².